The first kappa shape index (κ1) is 12.9. The summed E-state index contributed by atoms with van der Waals surface area (Å²) in [6.45, 7) is 0. The second-order valence-corrected chi connectivity index (χ2v) is 5.70. The fourth-order valence-corrected chi connectivity index (χ4v) is 3.22. The molecule has 1 aliphatic heterocycles. The molecule has 1 unspecified atom stereocenters. The summed E-state index contributed by atoms with van der Waals surface area (Å²) in [4.78, 5) is 12.2. The largest absolute Gasteiger partial charge is 0.399 e. The number of hydrogen-bond donors (Lipinski definition) is 2. The first-order chi connectivity index (χ1) is 10.7. The summed E-state index contributed by atoms with van der Waals surface area (Å²) in [7, 11) is 0. The van der Waals surface area contributed by atoms with E-state index in [0.29, 0.717) is 6.42 Å². The molecular weight excluding hydrogens is 272 g/mol. The number of nitrogens with one attached hydrogen (secondary N) is 1. The molecule has 22 heavy (non-hydrogen) atoms. The monoisotopic (exact) mass is 288 g/mol. The normalized spacial score (nSPS) is 17.1. The zero-order valence-corrected chi connectivity index (χ0v) is 12.0. The molecule has 3 N–H and O–H groups in total. The highest BCUT2D eigenvalue weighted by Crippen LogP contribution is 2.33. The van der Waals surface area contributed by atoms with E-state index < -0.39 is 0 Å². The van der Waals surface area contributed by atoms with Crippen LogP contribution >= 0.6 is 0 Å². The lowest BCUT2D eigenvalue weighted by Gasteiger charge is -2.28. The van der Waals surface area contributed by atoms with E-state index in [0.717, 1.165) is 22.2 Å². The quantitative estimate of drug-likeness (QED) is 0.676. The van der Waals surface area contributed by atoms with E-state index in [1.54, 1.807) is 0 Å². The van der Waals surface area contributed by atoms with Crippen LogP contribution in [0, 0.1) is 0 Å². The van der Waals surface area contributed by atoms with E-state index >= 15 is 0 Å². The van der Waals surface area contributed by atoms with Crippen LogP contribution in [0.1, 0.15) is 22.7 Å². The van der Waals surface area contributed by atoms with E-state index in [1.165, 1.54) is 10.9 Å². The first-order valence-corrected chi connectivity index (χ1v) is 7.38. The van der Waals surface area contributed by atoms with Crippen molar-refractivity contribution in [2.45, 2.75) is 12.5 Å². The van der Waals surface area contributed by atoms with Crippen LogP contribution < -0.4 is 11.1 Å². The van der Waals surface area contributed by atoms with Crippen molar-refractivity contribution in [3.63, 3.8) is 0 Å². The van der Waals surface area contributed by atoms with Gasteiger partial charge in [-0.15, -0.1) is 0 Å². The van der Waals surface area contributed by atoms with Crippen molar-refractivity contribution in [1.29, 1.82) is 0 Å². The van der Waals surface area contributed by atoms with Gasteiger partial charge in [0.15, 0.2) is 0 Å². The van der Waals surface area contributed by atoms with Gasteiger partial charge in [0.05, 0.1) is 12.5 Å². The highest BCUT2D eigenvalue weighted by Gasteiger charge is 2.26. The van der Waals surface area contributed by atoms with Crippen molar-refractivity contribution in [1.82, 2.24) is 5.32 Å². The number of amides is 1. The molecular formula is C19H16N2O. The van der Waals surface area contributed by atoms with E-state index in [1.807, 2.05) is 36.4 Å². The molecule has 1 amide bonds. The Morgan fingerprint density at radius 3 is 2.55 bits per heavy atom. The number of fused-ring (bicyclic) bond motifs is 3. The Morgan fingerprint density at radius 2 is 1.73 bits per heavy atom. The summed E-state index contributed by atoms with van der Waals surface area (Å²) in [6.07, 6.45) is 0.433. The van der Waals surface area contributed by atoms with Gasteiger partial charge in [-0.2, -0.15) is 0 Å². The summed E-state index contributed by atoms with van der Waals surface area (Å²) in [5, 5.41) is 5.43. The van der Waals surface area contributed by atoms with Gasteiger partial charge in [0, 0.05) is 5.69 Å². The molecule has 108 valence electrons. The van der Waals surface area contributed by atoms with E-state index in [-0.39, 0.29) is 11.9 Å². The minimum absolute atomic E-state index is 0.0608. The summed E-state index contributed by atoms with van der Waals surface area (Å²) >= 11 is 0. The molecule has 4 rings (SSSR count). The van der Waals surface area contributed by atoms with Crippen LogP contribution in [0.2, 0.25) is 0 Å². The maximum Gasteiger partial charge on any atom is 0.225 e. The van der Waals surface area contributed by atoms with Crippen molar-refractivity contribution in [3.05, 3.63) is 77.4 Å². The lowest BCUT2D eigenvalue weighted by Crippen LogP contribution is -2.35. The molecule has 0 bridgehead atoms. The van der Waals surface area contributed by atoms with E-state index in [4.69, 9.17) is 5.73 Å². The molecule has 3 heteroatoms. The summed E-state index contributed by atoms with van der Waals surface area (Å²) < 4.78 is 0. The second-order valence-electron chi connectivity index (χ2n) is 5.70. The van der Waals surface area contributed by atoms with Gasteiger partial charge in [-0.1, -0.05) is 48.5 Å². The number of carbonyl (C=O) groups excluding carboxylic acids is 1. The zero-order chi connectivity index (χ0) is 15.1. The zero-order valence-electron chi connectivity index (χ0n) is 12.0. The predicted octanol–water partition coefficient (Wildman–Crippen LogP) is 3.18. The molecule has 0 aliphatic carbocycles. The Kier molecular flexibility index (Phi) is 2.86. The number of nitrogens with two attached hydrogens (primary N) is 1. The molecule has 1 atom stereocenters. The molecule has 0 fully saturated rings. The fourth-order valence-electron chi connectivity index (χ4n) is 3.22. The molecule has 0 radical (unpaired) electrons. The van der Waals surface area contributed by atoms with Crippen LogP contribution in [0.25, 0.3) is 10.8 Å². The molecule has 0 aromatic heterocycles. The molecule has 3 aromatic carbocycles. The lowest BCUT2D eigenvalue weighted by atomic mass is 9.86. The number of hydrogen-bond acceptors (Lipinski definition) is 2. The van der Waals surface area contributed by atoms with Gasteiger partial charge in [-0.3, -0.25) is 4.79 Å². The minimum Gasteiger partial charge on any atom is -0.399 e. The molecule has 3 aromatic rings. The van der Waals surface area contributed by atoms with Crippen molar-refractivity contribution in [3.8, 4) is 0 Å². The van der Waals surface area contributed by atoms with Gasteiger partial charge in [-0.25, -0.2) is 0 Å². The molecule has 0 saturated carbocycles. The average molecular weight is 288 g/mol. The van der Waals surface area contributed by atoms with Crippen LogP contribution in [0.15, 0.2) is 60.7 Å². The maximum absolute atomic E-state index is 12.2. The van der Waals surface area contributed by atoms with Crippen LogP contribution in [0.4, 0.5) is 5.69 Å². The van der Waals surface area contributed by atoms with Gasteiger partial charge in [0.1, 0.15) is 0 Å². The minimum atomic E-state index is -0.110. The second kappa shape index (κ2) is 4.88. The van der Waals surface area contributed by atoms with Gasteiger partial charge in [0.2, 0.25) is 5.91 Å². The maximum atomic E-state index is 12.2. The van der Waals surface area contributed by atoms with E-state index in [2.05, 4.69) is 29.6 Å². The lowest BCUT2D eigenvalue weighted by molar-refractivity contribution is -0.121. The highest BCUT2D eigenvalue weighted by molar-refractivity contribution is 5.93. The molecule has 0 spiro atoms. The average Bonchev–Trinajstić information content (AvgIpc) is 2.55. The third kappa shape index (κ3) is 2.02. The van der Waals surface area contributed by atoms with Crippen molar-refractivity contribution >= 4 is 22.4 Å². The molecule has 1 aliphatic rings. The van der Waals surface area contributed by atoms with Gasteiger partial charge < -0.3 is 11.1 Å². The van der Waals surface area contributed by atoms with E-state index in [9.17, 15) is 4.79 Å². The van der Waals surface area contributed by atoms with Gasteiger partial charge in [0.25, 0.3) is 0 Å². The number of anilines is 1. The molecule has 3 nitrogen and oxygen atoms in total. The Hall–Kier alpha value is -2.81. The van der Waals surface area contributed by atoms with Gasteiger partial charge >= 0.3 is 0 Å². The van der Waals surface area contributed by atoms with Crippen molar-refractivity contribution < 1.29 is 4.79 Å². The Morgan fingerprint density at radius 1 is 0.955 bits per heavy atom. The van der Waals surface area contributed by atoms with Crippen LogP contribution in [0.3, 0.4) is 0 Å². The van der Waals surface area contributed by atoms with Gasteiger partial charge in [-0.05, 0) is 39.6 Å². The Labute approximate surface area is 128 Å². The van der Waals surface area contributed by atoms with Crippen molar-refractivity contribution in [2.24, 2.45) is 0 Å². The topological polar surface area (TPSA) is 55.1 Å². The number of carbonyl (C=O) groups is 1. The standard InChI is InChI=1S/C19H16N2O/c20-14-8-5-13(6-9-14)19-16-10-7-12-3-1-2-4-15(12)17(16)11-18(22)21-19/h1-10,19H,11,20H2,(H,21,22). The van der Waals surface area contributed by atoms with Crippen LogP contribution in [-0.4, -0.2) is 5.91 Å². The summed E-state index contributed by atoms with van der Waals surface area (Å²) in [5.74, 6) is 0.0608. The number of benzene rings is 3. The highest BCUT2D eigenvalue weighted by atomic mass is 16.1. The number of rotatable bonds is 1. The molecule has 0 saturated heterocycles. The Balaban J connectivity index is 1.92. The molecule has 1 heterocycles. The van der Waals surface area contributed by atoms with Crippen LogP contribution in [-0.2, 0) is 11.2 Å². The Bertz CT molecular complexity index is 868. The van der Waals surface area contributed by atoms with Crippen LogP contribution in [0.5, 0.6) is 0 Å². The van der Waals surface area contributed by atoms with Crippen molar-refractivity contribution in [2.75, 3.05) is 5.73 Å². The SMILES string of the molecule is Nc1ccc(C2NC(=O)Cc3c2ccc2ccccc32)cc1. The third-order valence-electron chi connectivity index (χ3n) is 4.30. The summed E-state index contributed by atoms with van der Waals surface area (Å²) in [6, 6.07) is 20.0. The third-order valence-corrected chi connectivity index (χ3v) is 4.30. The fraction of sp³-hybridized carbons (Fsp3) is 0.105. The summed E-state index contributed by atoms with van der Waals surface area (Å²) in [5.41, 5.74) is 9.84. The number of nitrogen functional groups attached to an aromatic ring is 1. The predicted molar refractivity (Wildman–Crippen MR) is 88.5 cm³/mol. The first-order valence-electron chi connectivity index (χ1n) is 7.38. The smallest absolute Gasteiger partial charge is 0.225 e.